The van der Waals surface area contributed by atoms with Gasteiger partial charge in [0.2, 0.25) is 0 Å². The van der Waals surface area contributed by atoms with E-state index in [1.54, 1.807) is 35.3 Å². The number of aromatic nitrogens is 4. The molecule has 3 rings (SSSR count). The van der Waals surface area contributed by atoms with Crippen LogP contribution in [0, 0.1) is 0 Å². The number of H-pyrrole nitrogens is 1. The molecular formula is C12H11N5O2. The summed E-state index contributed by atoms with van der Waals surface area (Å²) in [6, 6.07) is 6.87. The Morgan fingerprint density at radius 2 is 2.32 bits per heavy atom. The number of carbonyl (C=O) groups is 1. The summed E-state index contributed by atoms with van der Waals surface area (Å²) in [5.74, 6) is 1.11. The molecule has 0 unspecified atom stereocenters. The van der Waals surface area contributed by atoms with E-state index in [1.807, 2.05) is 12.3 Å². The van der Waals surface area contributed by atoms with Crippen molar-refractivity contribution in [1.82, 2.24) is 20.0 Å². The fourth-order valence-electron chi connectivity index (χ4n) is 1.65. The lowest BCUT2D eigenvalue weighted by Gasteiger charge is -1.99. The molecule has 0 aliphatic carbocycles. The zero-order valence-electron chi connectivity index (χ0n) is 9.91. The van der Waals surface area contributed by atoms with Crippen molar-refractivity contribution in [1.29, 1.82) is 0 Å². The van der Waals surface area contributed by atoms with E-state index in [9.17, 15) is 4.79 Å². The molecule has 2 N–H and O–H groups in total. The van der Waals surface area contributed by atoms with Gasteiger partial charge in [-0.2, -0.15) is 10.2 Å². The zero-order chi connectivity index (χ0) is 13.1. The molecule has 3 aromatic rings. The first-order valence-corrected chi connectivity index (χ1v) is 5.68. The van der Waals surface area contributed by atoms with Crippen molar-refractivity contribution >= 4 is 11.7 Å². The van der Waals surface area contributed by atoms with Gasteiger partial charge in [-0.3, -0.25) is 14.6 Å². The topological polar surface area (TPSA) is 88.7 Å². The van der Waals surface area contributed by atoms with Crippen molar-refractivity contribution < 1.29 is 9.21 Å². The lowest BCUT2D eigenvalue weighted by Crippen LogP contribution is -2.11. The fourth-order valence-corrected chi connectivity index (χ4v) is 1.65. The Balaban J connectivity index is 1.69. The van der Waals surface area contributed by atoms with E-state index in [1.165, 1.54) is 0 Å². The Kier molecular flexibility index (Phi) is 2.85. The van der Waals surface area contributed by atoms with Crippen LogP contribution in [0.1, 0.15) is 16.3 Å². The number of aromatic amines is 1. The molecule has 0 fully saturated rings. The molecule has 0 saturated carbocycles. The molecule has 0 bridgehead atoms. The van der Waals surface area contributed by atoms with E-state index >= 15 is 0 Å². The monoisotopic (exact) mass is 257 g/mol. The number of rotatable bonds is 4. The zero-order valence-corrected chi connectivity index (χ0v) is 9.91. The molecule has 96 valence electrons. The fraction of sp³-hybridized carbons (Fsp3) is 0.0833. The third kappa shape index (κ3) is 2.54. The van der Waals surface area contributed by atoms with E-state index < -0.39 is 0 Å². The van der Waals surface area contributed by atoms with Crippen LogP contribution in [-0.2, 0) is 6.54 Å². The number of carbonyl (C=O) groups excluding carboxylic acids is 1. The lowest BCUT2D eigenvalue weighted by atomic mass is 10.4. The van der Waals surface area contributed by atoms with Crippen LogP contribution in [0.2, 0.25) is 0 Å². The summed E-state index contributed by atoms with van der Waals surface area (Å²) in [5.41, 5.74) is 0. The van der Waals surface area contributed by atoms with Gasteiger partial charge in [-0.25, -0.2) is 0 Å². The quantitative estimate of drug-likeness (QED) is 0.741. The number of nitrogens with zero attached hydrogens (tertiary/aromatic N) is 3. The molecule has 1 amide bonds. The van der Waals surface area contributed by atoms with Crippen molar-refractivity contribution in [3.8, 4) is 0 Å². The van der Waals surface area contributed by atoms with Gasteiger partial charge in [0, 0.05) is 18.5 Å². The summed E-state index contributed by atoms with van der Waals surface area (Å²) in [6.45, 7) is 0.490. The highest BCUT2D eigenvalue weighted by Crippen LogP contribution is 2.11. The molecule has 0 atom stereocenters. The van der Waals surface area contributed by atoms with E-state index in [-0.39, 0.29) is 11.7 Å². The van der Waals surface area contributed by atoms with E-state index in [0.29, 0.717) is 18.1 Å². The van der Waals surface area contributed by atoms with Gasteiger partial charge < -0.3 is 9.73 Å². The Labute approximate surface area is 108 Å². The molecule has 0 radical (unpaired) electrons. The number of amides is 1. The van der Waals surface area contributed by atoms with E-state index in [2.05, 4.69) is 20.6 Å². The molecule has 0 aliphatic rings. The van der Waals surface area contributed by atoms with Gasteiger partial charge in [0.25, 0.3) is 5.91 Å². The van der Waals surface area contributed by atoms with Crippen LogP contribution in [0.25, 0.3) is 0 Å². The normalized spacial score (nSPS) is 10.5. The van der Waals surface area contributed by atoms with Gasteiger partial charge in [-0.05, 0) is 18.2 Å². The van der Waals surface area contributed by atoms with Crippen LogP contribution in [0.3, 0.4) is 0 Å². The van der Waals surface area contributed by atoms with Gasteiger partial charge >= 0.3 is 0 Å². The molecular weight excluding hydrogens is 246 g/mol. The first kappa shape index (κ1) is 11.3. The minimum absolute atomic E-state index is 0.247. The predicted octanol–water partition coefficient (Wildman–Crippen LogP) is 1.50. The summed E-state index contributed by atoms with van der Waals surface area (Å²) in [7, 11) is 0. The summed E-state index contributed by atoms with van der Waals surface area (Å²) in [6.07, 6.45) is 5.07. The Bertz CT molecular complexity index is 654. The van der Waals surface area contributed by atoms with Crippen molar-refractivity contribution in [3.05, 3.63) is 54.4 Å². The maximum Gasteiger partial charge on any atom is 0.292 e. The second-order valence-electron chi connectivity index (χ2n) is 3.89. The highest BCUT2D eigenvalue weighted by molar-refractivity contribution is 6.01. The Morgan fingerprint density at radius 3 is 3.05 bits per heavy atom. The Morgan fingerprint density at radius 1 is 1.37 bits per heavy atom. The molecule has 0 saturated heterocycles. The molecule has 3 heterocycles. The van der Waals surface area contributed by atoms with Crippen LogP contribution in [0.4, 0.5) is 5.82 Å². The molecule has 0 spiro atoms. The van der Waals surface area contributed by atoms with Crippen LogP contribution < -0.4 is 5.32 Å². The van der Waals surface area contributed by atoms with E-state index in [4.69, 9.17) is 4.42 Å². The van der Waals surface area contributed by atoms with E-state index in [0.717, 1.165) is 0 Å². The molecule has 19 heavy (non-hydrogen) atoms. The standard InChI is InChI=1S/C12H11N5O2/c18-12(15-11-4-6-13-16-11)10-3-2-9(19-10)8-17-7-1-5-14-17/h1-7H,8H2,(H2,13,15,16,18). The van der Waals surface area contributed by atoms with Crippen LogP contribution >= 0.6 is 0 Å². The number of anilines is 1. The second kappa shape index (κ2) is 4.81. The largest absolute Gasteiger partial charge is 0.454 e. The first-order valence-electron chi connectivity index (χ1n) is 5.68. The van der Waals surface area contributed by atoms with Gasteiger partial charge in [0.05, 0.1) is 12.7 Å². The van der Waals surface area contributed by atoms with Crippen molar-refractivity contribution in [2.75, 3.05) is 5.32 Å². The summed E-state index contributed by atoms with van der Waals surface area (Å²) in [5, 5.41) is 13.1. The number of hydrogen-bond acceptors (Lipinski definition) is 4. The van der Waals surface area contributed by atoms with Gasteiger partial charge in [0.15, 0.2) is 5.76 Å². The lowest BCUT2D eigenvalue weighted by molar-refractivity contribution is 0.0994. The average molecular weight is 257 g/mol. The molecule has 7 heteroatoms. The van der Waals surface area contributed by atoms with Crippen LogP contribution in [0.15, 0.2) is 47.3 Å². The third-order valence-electron chi connectivity index (χ3n) is 2.51. The summed E-state index contributed by atoms with van der Waals surface area (Å²) >= 11 is 0. The third-order valence-corrected chi connectivity index (χ3v) is 2.51. The summed E-state index contributed by atoms with van der Waals surface area (Å²) in [4.78, 5) is 11.9. The number of hydrogen-bond donors (Lipinski definition) is 2. The minimum atomic E-state index is -0.323. The van der Waals surface area contributed by atoms with Crippen molar-refractivity contribution in [2.24, 2.45) is 0 Å². The molecule has 0 aromatic carbocycles. The number of furan rings is 1. The van der Waals surface area contributed by atoms with Crippen molar-refractivity contribution in [3.63, 3.8) is 0 Å². The SMILES string of the molecule is O=C(Nc1ccn[nH]1)c1ccc(Cn2cccn2)o1. The average Bonchev–Trinajstić information content (AvgIpc) is 3.10. The first-order chi connectivity index (χ1) is 9.31. The maximum absolute atomic E-state index is 11.9. The van der Waals surface area contributed by atoms with Gasteiger partial charge in [0.1, 0.15) is 11.6 Å². The smallest absolute Gasteiger partial charge is 0.292 e. The highest BCUT2D eigenvalue weighted by Gasteiger charge is 2.12. The second-order valence-corrected chi connectivity index (χ2v) is 3.89. The van der Waals surface area contributed by atoms with Gasteiger partial charge in [-0.1, -0.05) is 0 Å². The predicted molar refractivity (Wildman–Crippen MR) is 66.6 cm³/mol. The van der Waals surface area contributed by atoms with Crippen LogP contribution in [0.5, 0.6) is 0 Å². The molecule has 3 aromatic heterocycles. The number of nitrogens with one attached hydrogen (secondary N) is 2. The highest BCUT2D eigenvalue weighted by atomic mass is 16.4. The molecule has 0 aliphatic heterocycles. The Hall–Kier alpha value is -2.83. The molecule has 7 nitrogen and oxygen atoms in total. The van der Waals surface area contributed by atoms with Crippen LogP contribution in [-0.4, -0.2) is 25.9 Å². The summed E-state index contributed by atoms with van der Waals surface area (Å²) < 4.78 is 7.18. The van der Waals surface area contributed by atoms with Gasteiger partial charge in [-0.15, -0.1) is 0 Å². The van der Waals surface area contributed by atoms with Crippen molar-refractivity contribution in [2.45, 2.75) is 6.54 Å². The maximum atomic E-state index is 11.9. The minimum Gasteiger partial charge on any atom is -0.454 e.